The normalized spacial score (nSPS) is 15.1. The molecule has 0 atom stereocenters. The summed E-state index contributed by atoms with van der Waals surface area (Å²) in [5.74, 6) is -1.54. The summed E-state index contributed by atoms with van der Waals surface area (Å²) in [4.78, 5) is 48.6. The zero-order valence-electron chi connectivity index (χ0n) is 14.5. The van der Waals surface area contributed by atoms with E-state index in [-0.39, 0.29) is 17.2 Å². The van der Waals surface area contributed by atoms with Gasteiger partial charge < -0.3 is 9.84 Å². The first-order chi connectivity index (χ1) is 13.4. The first-order valence-corrected chi connectivity index (χ1v) is 9.04. The number of ketones is 1. The van der Waals surface area contributed by atoms with Gasteiger partial charge in [0.15, 0.2) is 12.4 Å². The number of hydrogen-bond donors (Lipinski definition) is 1. The van der Waals surface area contributed by atoms with Crippen molar-refractivity contribution in [3.8, 4) is 5.75 Å². The number of aliphatic carboxylic acids is 1. The van der Waals surface area contributed by atoms with E-state index in [0.29, 0.717) is 16.9 Å². The molecule has 142 valence electrons. The number of hydrogen-bond acceptors (Lipinski definition) is 6. The van der Waals surface area contributed by atoms with Gasteiger partial charge in [0.05, 0.1) is 11.4 Å². The second-order valence-electron chi connectivity index (χ2n) is 5.81. The summed E-state index contributed by atoms with van der Waals surface area (Å²) in [6.07, 6.45) is 1.54. The summed E-state index contributed by atoms with van der Waals surface area (Å²) in [6, 6.07) is 14.9. The number of carbonyl (C=O) groups is 4. The van der Waals surface area contributed by atoms with Crippen molar-refractivity contribution in [3.05, 3.63) is 70.6 Å². The molecule has 2 amide bonds. The molecule has 1 fully saturated rings. The van der Waals surface area contributed by atoms with Crippen molar-refractivity contribution < 1.29 is 29.0 Å². The Hall–Kier alpha value is -3.39. The van der Waals surface area contributed by atoms with Crippen LogP contribution in [-0.2, 0) is 9.59 Å². The summed E-state index contributed by atoms with van der Waals surface area (Å²) in [7, 11) is 0. The smallest absolute Gasteiger partial charge is 0.341 e. The topological polar surface area (TPSA) is 101 Å². The van der Waals surface area contributed by atoms with Crippen LogP contribution in [0, 0.1) is 0 Å². The van der Waals surface area contributed by atoms with Gasteiger partial charge in [0.1, 0.15) is 5.75 Å². The van der Waals surface area contributed by atoms with Crippen molar-refractivity contribution in [2.75, 3.05) is 13.2 Å². The maximum Gasteiger partial charge on any atom is 0.341 e. The molecule has 8 heteroatoms. The van der Waals surface area contributed by atoms with Crippen LogP contribution in [0.5, 0.6) is 5.75 Å². The quantitative estimate of drug-likeness (QED) is 0.566. The number of thioether (sulfide) groups is 1. The predicted octanol–water partition coefficient (Wildman–Crippen LogP) is 3.07. The van der Waals surface area contributed by atoms with Crippen molar-refractivity contribution in [2.45, 2.75) is 0 Å². The fourth-order valence-corrected chi connectivity index (χ4v) is 3.29. The van der Waals surface area contributed by atoms with E-state index in [1.165, 1.54) is 0 Å². The summed E-state index contributed by atoms with van der Waals surface area (Å²) >= 11 is 0.770. The van der Waals surface area contributed by atoms with Crippen molar-refractivity contribution >= 4 is 40.7 Å². The Morgan fingerprint density at radius 3 is 2.36 bits per heavy atom. The number of imide groups is 1. The summed E-state index contributed by atoms with van der Waals surface area (Å²) in [6.45, 7) is -0.762. The molecule has 1 aliphatic heterocycles. The van der Waals surface area contributed by atoms with Crippen LogP contribution in [0.25, 0.3) is 6.08 Å². The van der Waals surface area contributed by atoms with E-state index in [4.69, 9.17) is 9.84 Å². The Morgan fingerprint density at radius 1 is 1.04 bits per heavy atom. The molecule has 1 saturated heterocycles. The Bertz CT molecular complexity index is 952. The van der Waals surface area contributed by atoms with Crippen LogP contribution in [0.15, 0.2) is 59.5 Å². The van der Waals surface area contributed by atoms with Crippen LogP contribution < -0.4 is 4.74 Å². The summed E-state index contributed by atoms with van der Waals surface area (Å²) < 4.78 is 5.04. The molecule has 0 aliphatic carbocycles. The van der Waals surface area contributed by atoms with Crippen molar-refractivity contribution in [3.63, 3.8) is 0 Å². The molecule has 2 aromatic carbocycles. The van der Waals surface area contributed by atoms with Crippen molar-refractivity contribution in [1.29, 1.82) is 0 Å². The lowest BCUT2D eigenvalue weighted by atomic mass is 10.1. The predicted molar refractivity (Wildman–Crippen MR) is 103 cm³/mol. The molecule has 1 heterocycles. The highest BCUT2D eigenvalue weighted by atomic mass is 32.2. The zero-order chi connectivity index (χ0) is 20.1. The summed E-state index contributed by atoms with van der Waals surface area (Å²) in [5.41, 5.74) is 1.07. The average Bonchev–Trinajstić information content (AvgIpc) is 2.95. The van der Waals surface area contributed by atoms with Gasteiger partial charge in [0, 0.05) is 5.56 Å². The van der Waals surface area contributed by atoms with E-state index < -0.39 is 23.7 Å². The molecule has 1 aliphatic rings. The van der Waals surface area contributed by atoms with E-state index in [1.54, 1.807) is 60.7 Å². The van der Waals surface area contributed by atoms with Crippen LogP contribution in [0.2, 0.25) is 0 Å². The molecule has 1 N–H and O–H groups in total. The fraction of sp³-hybridized carbons (Fsp3) is 0.100. The van der Waals surface area contributed by atoms with Crippen LogP contribution >= 0.6 is 11.8 Å². The first kappa shape index (κ1) is 19.4. The number of carboxylic acids is 1. The van der Waals surface area contributed by atoms with Gasteiger partial charge >= 0.3 is 5.97 Å². The van der Waals surface area contributed by atoms with Gasteiger partial charge in [0.2, 0.25) is 0 Å². The number of Topliss-reactive ketones (excluding diaryl/α,β-unsaturated/α-hetero) is 1. The molecule has 0 bridgehead atoms. The molecule has 0 spiro atoms. The minimum atomic E-state index is -1.08. The van der Waals surface area contributed by atoms with Gasteiger partial charge in [-0.1, -0.05) is 42.5 Å². The number of amides is 2. The van der Waals surface area contributed by atoms with Crippen molar-refractivity contribution in [1.82, 2.24) is 4.90 Å². The Labute approximate surface area is 164 Å². The van der Waals surface area contributed by atoms with Gasteiger partial charge in [-0.05, 0) is 35.5 Å². The standard InChI is InChI=1S/C20H15NO6S/c22-16(14-4-2-1-3-5-14)11-21-19(25)17(28-20(21)26)10-13-6-8-15(9-7-13)27-12-18(23)24/h1-10H,11-12H2,(H,23,24). The largest absolute Gasteiger partial charge is 0.482 e. The average molecular weight is 397 g/mol. The molecule has 2 aromatic rings. The number of carbonyl (C=O) groups excluding carboxylic acids is 3. The molecule has 28 heavy (non-hydrogen) atoms. The third kappa shape index (κ3) is 4.66. The first-order valence-electron chi connectivity index (χ1n) is 8.22. The van der Waals surface area contributed by atoms with E-state index in [9.17, 15) is 19.2 Å². The SMILES string of the molecule is O=C(O)COc1ccc(C=C2SC(=O)N(CC(=O)c3ccccc3)C2=O)cc1. The molecule has 0 radical (unpaired) electrons. The highest BCUT2D eigenvalue weighted by molar-refractivity contribution is 8.18. The van der Waals surface area contributed by atoms with Gasteiger partial charge in [0.25, 0.3) is 11.1 Å². The van der Waals surface area contributed by atoms with Gasteiger partial charge in [-0.3, -0.25) is 19.3 Å². The second kappa shape index (κ2) is 8.53. The van der Waals surface area contributed by atoms with Gasteiger partial charge in [-0.25, -0.2) is 4.79 Å². The second-order valence-corrected chi connectivity index (χ2v) is 6.80. The lowest BCUT2D eigenvalue weighted by Crippen LogP contribution is -2.33. The van der Waals surface area contributed by atoms with E-state index in [1.807, 2.05) is 0 Å². The minimum Gasteiger partial charge on any atom is -0.482 e. The molecule has 0 unspecified atom stereocenters. The van der Waals surface area contributed by atoms with E-state index in [2.05, 4.69) is 0 Å². The van der Waals surface area contributed by atoms with Crippen LogP contribution in [0.1, 0.15) is 15.9 Å². The van der Waals surface area contributed by atoms with Crippen LogP contribution in [0.4, 0.5) is 4.79 Å². The zero-order valence-corrected chi connectivity index (χ0v) is 15.3. The summed E-state index contributed by atoms with van der Waals surface area (Å²) in [5, 5.41) is 8.10. The molecule has 0 saturated carbocycles. The Morgan fingerprint density at radius 2 is 1.71 bits per heavy atom. The maximum atomic E-state index is 12.5. The van der Waals surface area contributed by atoms with Crippen LogP contribution in [-0.4, -0.2) is 46.1 Å². The molecular weight excluding hydrogens is 382 g/mol. The number of benzene rings is 2. The minimum absolute atomic E-state index is 0.213. The number of carboxylic acid groups (broad SMARTS) is 1. The Kier molecular flexibility index (Phi) is 5.90. The lowest BCUT2D eigenvalue weighted by molar-refractivity contribution is -0.139. The van der Waals surface area contributed by atoms with Gasteiger partial charge in [-0.15, -0.1) is 0 Å². The molecule has 7 nitrogen and oxygen atoms in total. The number of ether oxygens (including phenoxy) is 1. The molecule has 3 rings (SSSR count). The van der Waals surface area contributed by atoms with Crippen molar-refractivity contribution in [2.24, 2.45) is 0 Å². The Balaban J connectivity index is 1.68. The van der Waals surface area contributed by atoms with Gasteiger partial charge in [-0.2, -0.15) is 0 Å². The number of nitrogens with zero attached hydrogens (tertiary/aromatic N) is 1. The van der Waals surface area contributed by atoms with E-state index in [0.717, 1.165) is 16.7 Å². The maximum absolute atomic E-state index is 12.5. The third-order valence-electron chi connectivity index (χ3n) is 3.81. The molecule has 0 aromatic heterocycles. The third-order valence-corrected chi connectivity index (χ3v) is 4.72. The highest BCUT2D eigenvalue weighted by Gasteiger charge is 2.36. The van der Waals surface area contributed by atoms with E-state index >= 15 is 0 Å². The number of rotatable bonds is 7. The fourth-order valence-electron chi connectivity index (χ4n) is 2.45. The lowest BCUT2D eigenvalue weighted by Gasteiger charge is -2.11. The highest BCUT2D eigenvalue weighted by Crippen LogP contribution is 2.32. The monoisotopic (exact) mass is 397 g/mol. The molecular formula is C20H15NO6S. The van der Waals surface area contributed by atoms with Crippen LogP contribution in [0.3, 0.4) is 0 Å².